The molecule has 128 valence electrons. The third-order valence-electron chi connectivity index (χ3n) is 4.47. The second-order valence-electron chi connectivity index (χ2n) is 6.27. The Labute approximate surface area is 147 Å². The normalized spacial score (nSPS) is 15.2. The molecule has 5 heteroatoms. The molecule has 1 fully saturated rings. The van der Waals surface area contributed by atoms with Crippen LogP contribution in [0, 0.1) is 0 Å². The number of hydrogen-bond acceptors (Lipinski definition) is 4. The maximum Gasteiger partial charge on any atom is 0.220 e. The first-order valence-corrected chi connectivity index (χ1v) is 9.51. The molecule has 0 bridgehead atoms. The van der Waals surface area contributed by atoms with E-state index in [1.807, 2.05) is 29.6 Å². The number of aryl methyl sites for hydroxylation is 1. The topological polar surface area (TPSA) is 51.2 Å². The van der Waals surface area contributed by atoms with Crippen LogP contribution in [0.25, 0.3) is 10.6 Å². The number of carbonyl (C=O) groups excluding carboxylic acids is 1. The Morgan fingerprint density at radius 3 is 2.71 bits per heavy atom. The van der Waals surface area contributed by atoms with Crippen LogP contribution in [0.5, 0.6) is 5.75 Å². The van der Waals surface area contributed by atoms with Gasteiger partial charge >= 0.3 is 0 Å². The van der Waals surface area contributed by atoms with Crippen molar-refractivity contribution in [2.24, 2.45) is 0 Å². The number of nitrogens with one attached hydrogen (secondary N) is 1. The average Bonchev–Trinajstić information content (AvgIpc) is 3.10. The third-order valence-corrected chi connectivity index (χ3v) is 5.41. The molecule has 24 heavy (non-hydrogen) atoms. The number of ether oxygens (including phenoxy) is 1. The van der Waals surface area contributed by atoms with E-state index in [1.54, 1.807) is 18.4 Å². The van der Waals surface area contributed by atoms with E-state index in [1.165, 1.54) is 19.3 Å². The highest BCUT2D eigenvalue weighted by Crippen LogP contribution is 2.26. The van der Waals surface area contributed by atoms with Crippen molar-refractivity contribution in [1.82, 2.24) is 10.3 Å². The van der Waals surface area contributed by atoms with Gasteiger partial charge in [0.05, 0.1) is 12.8 Å². The fraction of sp³-hybridized carbons (Fsp3) is 0.474. The lowest BCUT2D eigenvalue weighted by Crippen LogP contribution is -2.36. The minimum atomic E-state index is 0.154. The molecule has 1 heterocycles. The van der Waals surface area contributed by atoms with Gasteiger partial charge in [-0.25, -0.2) is 4.98 Å². The summed E-state index contributed by atoms with van der Waals surface area (Å²) in [6, 6.07) is 8.29. The smallest absolute Gasteiger partial charge is 0.220 e. The van der Waals surface area contributed by atoms with Crippen molar-refractivity contribution < 1.29 is 9.53 Å². The number of rotatable bonds is 6. The minimum Gasteiger partial charge on any atom is -0.497 e. The fourth-order valence-electron chi connectivity index (χ4n) is 3.08. The largest absolute Gasteiger partial charge is 0.497 e. The molecule has 1 amide bonds. The second kappa shape index (κ2) is 8.29. The van der Waals surface area contributed by atoms with Crippen molar-refractivity contribution in [3.63, 3.8) is 0 Å². The number of methoxy groups -OCH3 is 1. The van der Waals surface area contributed by atoms with Gasteiger partial charge in [-0.2, -0.15) is 0 Å². The van der Waals surface area contributed by atoms with Gasteiger partial charge in [0.1, 0.15) is 10.8 Å². The zero-order chi connectivity index (χ0) is 16.8. The molecule has 1 N–H and O–H groups in total. The van der Waals surface area contributed by atoms with Gasteiger partial charge < -0.3 is 10.1 Å². The van der Waals surface area contributed by atoms with Crippen molar-refractivity contribution in [1.29, 1.82) is 0 Å². The molecular weight excluding hydrogens is 320 g/mol. The van der Waals surface area contributed by atoms with Crippen LogP contribution in [0.2, 0.25) is 0 Å². The van der Waals surface area contributed by atoms with E-state index in [9.17, 15) is 4.79 Å². The summed E-state index contributed by atoms with van der Waals surface area (Å²) in [7, 11) is 1.66. The third kappa shape index (κ3) is 4.57. The molecule has 3 rings (SSSR count). The van der Waals surface area contributed by atoms with Crippen LogP contribution in [0.1, 0.15) is 44.2 Å². The quantitative estimate of drug-likeness (QED) is 0.854. The van der Waals surface area contributed by atoms with Crippen molar-refractivity contribution in [2.45, 2.75) is 51.0 Å². The Balaban J connectivity index is 1.50. The van der Waals surface area contributed by atoms with E-state index in [4.69, 9.17) is 4.74 Å². The molecule has 0 atom stereocenters. The molecule has 2 aromatic rings. The monoisotopic (exact) mass is 344 g/mol. The van der Waals surface area contributed by atoms with Gasteiger partial charge in [0.2, 0.25) is 5.91 Å². The Kier molecular flexibility index (Phi) is 5.86. The van der Waals surface area contributed by atoms with E-state index in [0.717, 1.165) is 34.9 Å². The van der Waals surface area contributed by atoms with Gasteiger partial charge in [-0.3, -0.25) is 4.79 Å². The lowest BCUT2D eigenvalue weighted by molar-refractivity contribution is -0.122. The molecule has 0 radical (unpaired) electrons. The molecule has 0 unspecified atom stereocenters. The molecular formula is C19H24N2O2S. The number of hydrogen-bond donors (Lipinski definition) is 1. The number of nitrogens with zero attached hydrogens (tertiary/aromatic N) is 1. The fourth-order valence-corrected chi connectivity index (χ4v) is 3.94. The standard InChI is InChI=1S/C19H24N2O2S/c1-23-17-10-7-14(8-11-17)19-21-16(13-24-19)9-12-18(22)20-15-5-3-2-4-6-15/h7-8,10-11,13,15H,2-6,9,12H2,1H3,(H,20,22). The van der Waals surface area contributed by atoms with Crippen LogP contribution in [0.15, 0.2) is 29.6 Å². The van der Waals surface area contributed by atoms with Crippen molar-refractivity contribution >= 4 is 17.2 Å². The Morgan fingerprint density at radius 2 is 2.00 bits per heavy atom. The van der Waals surface area contributed by atoms with Gasteiger partial charge in [0, 0.05) is 23.4 Å². The first-order chi connectivity index (χ1) is 11.7. The number of carbonyl (C=O) groups is 1. The summed E-state index contributed by atoms with van der Waals surface area (Å²) in [4.78, 5) is 16.7. The van der Waals surface area contributed by atoms with Crippen LogP contribution >= 0.6 is 11.3 Å². The van der Waals surface area contributed by atoms with Crippen LogP contribution in [-0.4, -0.2) is 24.0 Å². The number of amides is 1. The molecule has 1 aromatic heterocycles. The maximum atomic E-state index is 12.1. The summed E-state index contributed by atoms with van der Waals surface area (Å²) in [5.74, 6) is 0.996. The zero-order valence-corrected chi connectivity index (χ0v) is 14.9. The van der Waals surface area contributed by atoms with Crippen LogP contribution < -0.4 is 10.1 Å². The van der Waals surface area contributed by atoms with Gasteiger partial charge in [0.15, 0.2) is 0 Å². The van der Waals surface area contributed by atoms with E-state index in [-0.39, 0.29) is 5.91 Å². The molecule has 1 saturated carbocycles. The summed E-state index contributed by atoms with van der Waals surface area (Å²) >= 11 is 1.62. The zero-order valence-electron chi connectivity index (χ0n) is 14.1. The predicted octanol–water partition coefficient (Wildman–Crippen LogP) is 4.20. The second-order valence-corrected chi connectivity index (χ2v) is 7.13. The minimum absolute atomic E-state index is 0.154. The lowest BCUT2D eigenvalue weighted by atomic mass is 9.95. The SMILES string of the molecule is COc1ccc(-c2nc(CCC(=O)NC3CCCCC3)cs2)cc1. The van der Waals surface area contributed by atoms with Gasteiger partial charge in [-0.15, -0.1) is 11.3 Å². The first kappa shape index (κ1) is 17.0. The highest BCUT2D eigenvalue weighted by molar-refractivity contribution is 7.13. The van der Waals surface area contributed by atoms with E-state index in [0.29, 0.717) is 18.9 Å². The summed E-state index contributed by atoms with van der Waals surface area (Å²) in [6.07, 6.45) is 7.26. The van der Waals surface area contributed by atoms with E-state index < -0.39 is 0 Å². The van der Waals surface area contributed by atoms with Crippen molar-refractivity contribution in [3.8, 4) is 16.3 Å². The van der Waals surface area contributed by atoms with Crippen LogP contribution in [0.4, 0.5) is 0 Å². The summed E-state index contributed by atoms with van der Waals surface area (Å²) in [5.41, 5.74) is 2.07. The van der Waals surface area contributed by atoms with Crippen molar-refractivity contribution in [2.75, 3.05) is 7.11 Å². The summed E-state index contributed by atoms with van der Waals surface area (Å²) in [6.45, 7) is 0. The molecule has 0 aliphatic heterocycles. The number of benzene rings is 1. The molecule has 1 aliphatic rings. The molecule has 0 spiro atoms. The van der Waals surface area contributed by atoms with E-state index in [2.05, 4.69) is 10.3 Å². The molecule has 1 aromatic carbocycles. The first-order valence-electron chi connectivity index (χ1n) is 8.63. The number of thiazole rings is 1. The molecule has 0 saturated heterocycles. The Hall–Kier alpha value is -1.88. The summed E-state index contributed by atoms with van der Waals surface area (Å²) in [5, 5.41) is 6.20. The Morgan fingerprint density at radius 1 is 1.25 bits per heavy atom. The molecule has 4 nitrogen and oxygen atoms in total. The van der Waals surface area contributed by atoms with E-state index >= 15 is 0 Å². The number of aromatic nitrogens is 1. The summed E-state index contributed by atoms with van der Waals surface area (Å²) < 4.78 is 5.18. The van der Waals surface area contributed by atoms with Crippen molar-refractivity contribution in [3.05, 3.63) is 35.3 Å². The van der Waals surface area contributed by atoms with Crippen LogP contribution in [-0.2, 0) is 11.2 Å². The lowest BCUT2D eigenvalue weighted by Gasteiger charge is -2.22. The van der Waals surface area contributed by atoms with Gasteiger partial charge in [-0.05, 0) is 43.5 Å². The average molecular weight is 344 g/mol. The predicted molar refractivity (Wildman–Crippen MR) is 97.4 cm³/mol. The highest BCUT2D eigenvalue weighted by Gasteiger charge is 2.15. The Bertz CT molecular complexity index is 660. The van der Waals surface area contributed by atoms with Gasteiger partial charge in [0.25, 0.3) is 0 Å². The van der Waals surface area contributed by atoms with Crippen LogP contribution in [0.3, 0.4) is 0 Å². The van der Waals surface area contributed by atoms with Gasteiger partial charge in [-0.1, -0.05) is 19.3 Å². The molecule has 1 aliphatic carbocycles. The maximum absolute atomic E-state index is 12.1. The highest BCUT2D eigenvalue weighted by atomic mass is 32.1.